The van der Waals surface area contributed by atoms with Gasteiger partial charge in [0.25, 0.3) is 0 Å². The van der Waals surface area contributed by atoms with Gasteiger partial charge in [0.15, 0.2) is 0 Å². The zero-order valence-corrected chi connectivity index (χ0v) is 13.2. The number of benzene rings is 1. The molecule has 0 saturated carbocycles. The highest BCUT2D eigenvalue weighted by molar-refractivity contribution is 5.94. The van der Waals surface area contributed by atoms with E-state index in [1.807, 2.05) is 32.0 Å². The van der Waals surface area contributed by atoms with Crippen molar-refractivity contribution in [3.05, 3.63) is 57.8 Å². The molecular formula is C16H18N4O3. The van der Waals surface area contributed by atoms with Crippen molar-refractivity contribution >= 4 is 23.1 Å². The molecule has 0 atom stereocenters. The summed E-state index contributed by atoms with van der Waals surface area (Å²) in [5, 5.41) is 13.8. The first-order valence-electron chi connectivity index (χ1n) is 7.06. The Kier molecular flexibility index (Phi) is 4.90. The molecule has 0 aliphatic heterocycles. The van der Waals surface area contributed by atoms with Gasteiger partial charge in [0.05, 0.1) is 11.5 Å². The average molecular weight is 314 g/mol. The standard InChI is InChI=1S/C16H18N4O3/c1-11-6-7-12(2)13(9-11)18-15(21)10-19(3)16-14(20(22)23)5-4-8-17-16/h4-9H,10H2,1-3H3,(H,18,21). The number of amides is 1. The van der Waals surface area contributed by atoms with Crippen LogP contribution < -0.4 is 10.2 Å². The Hall–Kier alpha value is -2.96. The Morgan fingerprint density at radius 3 is 2.78 bits per heavy atom. The lowest BCUT2D eigenvalue weighted by atomic mass is 10.1. The number of aryl methyl sites for hydroxylation is 2. The molecule has 1 aromatic heterocycles. The minimum Gasteiger partial charge on any atom is -0.345 e. The van der Waals surface area contributed by atoms with Crippen molar-refractivity contribution in [2.24, 2.45) is 0 Å². The monoisotopic (exact) mass is 314 g/mol. The van der Waals surface area contributed by atoms with Gasteiger partial charge < -0.3 is 10.2 Å². The van der Waals surface area contributed by atoms with E-state index in [1.165, 1.54) is 23.2 Å². The van der Waals surface area contributed by atoms with Gasteiger partial charge in [-0.25, -0.2) is 4.98 Å². The summed E-state index contributed by atoms with van der Waals surface area (Å²) >= 11 is 0. The highest BCUT2D eigenvalue weighted by Gasteiger charge is 2.19. The normalized spacial score (nSPS) is 10.2. The maximum Gasteiger partial charge on any atom is 0.311 e. The van der Waals surface area contributed by atoms with Crippen molar-refractivity contribution in [2.75, 3.05) is 23.8 Å². The second-order valence-corrected chi connectivity index (χ2v) is 5.33. The zero-order chi connectivity index (χ0) is 17.0. The highest BCUT2D eigenvalue weighted by atomic mass is 16.6. The number of anilines is 2. The van der Waals surface area contributed by atoms with Gasteiger partial charge in [0.2, 0.25) is 11.7 Å². The largest absolute Gasteiger partial charge is 0.345 e. The third-order valence-corrected chi connectivity index (χ3v) is 3.37. The number of likely N-dealkylation sites (N-methyl/N-ethyl adjacent to an activating group) is 1. The summed E-state index contributed by atoms with van der Waals surface area (Å²) in [7, 11) is 1.60. The number of nitro groups is 1. The van der Waals surface area contributed by atoms with Crippen LogP contribution in [0.15, 0.2) is 36.5 Å². The first-order chi connectivity index (χ1) is 10.9. The molecule has 7 nitrogen and oxygen atoms in total. The topological polar surface area (TPSA) is 88.4 Å². The lowest BCUT2D eigenvalue weighted by Crippen LogP contribution is -2.31. The van der Waals surface area contributed by atoms with Crippen LogP contribution in [0.3, 0.4) is 0 Å². The van der Waals surface area contributed by atoms with Gasteiger partial charge in [-0.05, 0) is 37.1 Å². The van der Waals surface area contributed by atoms with Crippen molar-refractivity contribution < 1.29 is 9.72 Å². The summed E-state index contributed by atoms with van der Waals surface area (Å²) in [5.74, 6) is -0.102. The first kappa shape index (κ1) is 16.4. The van der Waals surface area contributed by atoms with Crippen molar-refractivity contribution in [3.63, 3.8) is 0 Å². The van der Waals surface area contributed by atoms with Gasteiger partial charge in [-0.15, -0.1) is 0 Å². The van der Waals surface area contributed by atoms with Crippen molar-refractivity contribution in [1.29, 1.82) is 0 Å². The molecule has 0 aliphatic rings. The van der Waals surface area contributed by atoms with E-state index >= 15 is 0 Å². The van der Waals surface area contributed by atoms with E-state index in [4.69, 9.17) is 0 Å². The van der Waals surface area contributed by atoms with Gasteiger partial charge in [-0.3, -0.25) is 14.9 Å². The molecule has 1 heterocycles. The number of carbonyl (C=O) groups excluding carboxylic acids is 1. The van der Waals surface area contributed by atoms with Gasteiger partial charge in [0.1, 0.15) is 0 Å². The molecule has 23 heavy (non-hydrogen) atoms. The summed E-state index contributed by atoms with van der Waals surface area (Å²) in [6.45, 7) is 3.81. The van der Waals surface area contributed by atoms with Crippen molar-refractivity contribution in [3.8, 4) is 0 Å². The summed E-state index contributed by atoms with van der Waals surface area (Å²) in [4.78, 5) is 28.2. The second kappa shape index (κ2) is 6.87. The SMILES string of the molecule is Cc1ccc(C)c(NC(=O)CN(C)c2ncccc2[N+](=O)[O-])c1. The number of nitrogens with zero attached hydrogens (tertiary/aromatic N) is 3. The molecule has 1 N–H and O–H groups in total. The quantitative estimate of drug-likeness (QED) is 0.677. The van der Waals surface area contributed by atoms with Crippen LogP contribution in [-0.4, -0.2) is 29.4 Å². The molecule has 7 heteroatoms. The van der Waals surface area contributed by atoms with E-state index in [0.717, 1.165) is 16.8 Å². The van der Waals surface area contributed by atoms with E-state index in [1.54, 1.807) is 7.05 Å². The molecule has 0 fully saturated rings. The van der Waals surface area contributed by atoms with Crippen LogP contribution in [-0.2, 0) is 4.79 Å². The van der Waals surface area contributed by atoms with E-state index in [9.17, 15) is 14.9 Å². The van der Waals surface area contributed by atoms with E-state index in [-0.39, 0.29) is 24.0 Å². The molecule has 0 aliphatic carbocycles. The number of rotatable bonds is 5. The van der Waals surface area contributed by atoms with Crippen LogP contribution in [0.2, 0.25) is 0 Å². The molecule has 0 spiro atoms. The van der Waals surface area contributed by atoms with E-state index in [2.05, 4.69) is 10.3 Å². The van der Waals surface area contributed by atoms with Gasteiger partial charge in [0, 0.05) is 25.0 Å². The molecule has 2 rings (SSSR count). The minimum atomic E-state index is -0.512. The fraction of sp³-hybridized carbons (Fsp3) is 0.250. The molecule has 0 bridgehead atoms. The number of hydrogen-bond acceptors (Lipinski definition) is 5. The number of hydrogen-bond donors (Lipinski definition) is 1. The molecular weight excluding hydrogens is 296 g/mol. The lowest BCUT2D eigenvalue weighted by molar-refractivity contribution is -0.384. The van der Waals surface area contributed by atoms with Crippen LogP contribution in [0.1, 0.15) is 11.1 Å². The maximum atomic E-state index is 12.2. The Balaban J connectivity index is 2.11. The Bertz CT molecular complexity index is 746. The van der Waals surface area contributed by atoms with Gasteiger partial charge in [-0.2, -0.15) is 0 Å². The van der Waals surface area contributed by atoms with E-state index in [0.29, 0.717) is 0 Å². The number of nitrogens with one attached hydrogen (secondary N) is 1. The minimum absolute atomic E-state index is 0.0365. The molecule has 1 amide bonds. The molecule has 120 valence electrons. The van der Waals surface area contributed by atoms with Crippen molar-refractivity contribution in [1.82, 2.24) is 4.98 Å². The predicted octanol–water partition coefficient (Wildman–Crippen LogP) is 2.68. The summed E-state index contributed by atoms with van der Waals surface area (Å²) in [6.07, 6.45) is 1.46. The Morgan fingerprint density at radius 2 is 2.09 bits per heavy atom. The smallest absolute Gasteiger partial charge is 0.311 e. The van der Waals surface area contributed by atoms with Crippen LogP contribution in [0, 0.1) is 24.0 Å². The van der Waals surface area contributed by atoms with Gasteiger partial charge in [-0.1, -0.05) is 12.1 Å². The summed E-state index contributed by atoms with van der Waals surface area (Å²) in [6, 6.07) is 8.64. The number of carbonyl (C=O) groups is 1. The van der Waals surface area contributed by atoms with Gasteiger partial charge >= 0.3 is 5.69 Å². The average Bonchev–Trinajstić information content (AvgIpc) is 2.50. The maximum absolute atomic E-state index is 12.2. The lowest BCUT2D eigenvalue weighted by Gasteiger charge is -2.18. The Morgan fingerprint density at radius 1 is 1.35 bits per heavy atom. The van der Waals surface area contributed by atoms with Crippen LogP contribution in [0.4, 0.5) is 17.2 Å². The van der Waals surface area contributed by atoms with Crippen LogP contribution in [0.25, 0.3) is 0 Å². The Labute approximate surface area is 134 Å². The summed E-state index contributed by atoms with van der Waals surface area (Å²) < 4.78 is 0. The molecule has 0 saturated heterocycles. The molecule has 0 radical (unpaired) electrons. The zero-order valence-electron chi connectivity index (χ0n) is 13.2. The predicted molar refractivity (Wildman–Crippen MR) is 88.7 cm³/mol. The highest BCUT2D eigenvalue weighted by Crippen LogP contribution is 2.23. The van der Waals surface area contributed by atoms with Crippen LogP contribution >= 0.6 is 0 Å². The number of pyridine rings is 1. The molecule has 2 aromatic rings. The van der Waals surface area contributed by atoms with E-state index < -0.39 is 4.92 Å². The van der Waals surface area contributed by atoms with Crippen LogP contribution in [0.5, 0.6) is 0 Å². The third-order valence-electron chi connectivity index (χ3n) is 3.37. The molecule has 0 unspecified atom stereocenters. The summed E-state index contributed by atoms with van der Waals surface area (Å²) in [5.41, 5.74) is 2.60. The second-order valence-electron chi connectivity index (χ2n) is 5.33. The fourth-order valence-electron chi connectivity index (χ4n) is 2.18. The third kappa shape index (κ3) is 4.03. The number of aromatic nitrogens is 1. The fourth-order valence-corrected chi connectivity index (χ4v) is 2.18. The molecule has 1 aromatic carbocycles. The van der Waals surface area contributed by atoms with Crippen molar-refractivity contribution in [2.45, 2.75) is 13.8 Å². The first-order valence-corrected chi connectivity index (χ1v) is 7.06.